The fraction of sp³-hybridized carbons (Fsp3) is 0.0870. The molecule has 0 unspecified atom stereocenters. The van der Waals surface area contributed by atoms with E-state index in [1.807, 2.05) is 31.2 Å². The zero-order valence-electron chi connectivity index (χ0n) is 16.2. The zero-order chi connectivity index (χ0) is 21.1. The van der Waals surface area contributed by atoms with E-state index in [1.165, 1.54) is 36.4 Å². The Morgan fingerprint density at radius 1 is 0.933 bits per heavy atom. The second-order valence-electron chi connectivity index (χ2n) is 6.82. The summed E-state index contributed by atoms with van der Waals surface area (Å²) in [4.78, 5) is 4.36. The zero-order valence-corrected chi connectivity index (χ0v) is 17.0. The van der Waals surface area contributed by atoms with Crippen LogP contribution in [-0.4, -0.2) is 13.4 Å². The van der Waals surface area contributed by atoms with Gasteiger partial charge in [-0.25, -0.2) is 12.8 Å². The lowest BCUT2D eigenvalue weighted by atomic mass is 10.1. The van der Waals surface area contributed by atoms with Gasteiger partial charge in [0, 0.05) is 12.1 Å². The summed E-state index contributed by atoms with van der Waals surface area (Å²) >= 11 is 0. The van der Waals surface area contributed by atoms with Gasteiger partial charge in [0.1, 0.15) is 5.82 Å². The van der Waals surface area contributed by atoms with E-state index in [4.69, 9.17) is 4.42 Å². The van der Waals surface area contributed by atoms with E-state index in [0.29, 0.717) is 12.1 Å². The van der Waals surface area contributed by atoms with Crippen LogP contribution in [-0.2, 0) is 16.4 Å². The van der Waals surface area contributed by atoms with Crippen molar-refractivity contribution in [2.45, 2.75) is 23.4 Å². The first-order chi connectivity index (χ1) is 14.4. The number of hydrogen-bond acceptors (Lipinski definition) is 5. The maximum Gasteiger partial charge on any atom is 0.234 e. The van der Waals surface area contributed by atoms with Crippen molar-refractivity contribution in [3.63, 3.8) is 0 Å². The lowest BCUT2D eigenvalue weighted by molar-refractivity contribution is 0.576. The SMILES string of the molecule is Cc1ccc(CNc2oc(-c3ccc(F)cc3)nc2S(=O)(=O)c2ccccc2)cc1. The molecule has 0 aliphatic heterocycles. The van der Waals surface area contributed by atoms with Gasteiger partial charge in [0.05, 0.1) is 4.90 Å². The molecule has 7 heteroatoms. The molecule has 0 fully saturated rings. The Morgan fingerprint density at radius 3 is 2.27 bits per heavy atom. The van der Waals surface area contributed by atoms with E-state index in [2.05, 4.69) is 10.3 Å². The number of halogens is 1. The van der Waals surface area contributed by atoms with Crippen LogP contribution in [0.5, 0.6) is 0 Å². The molecule has 0 spiro atoms. The minimum atomic E-state index is -3.92. The van der Waals surface area contributed by atoms with Crippen LogP contribution in [0.4, 0.5) is 10.3 Å². The molecule has 1 aromatic heterocycles. The second kappa shape index (κ2) is 8.12. The lowest BCUT2D eigenvalue weighted by Gasteiger charge is -2.06. The van der Waals surface area contributed by atoms with Crippen molar-refractivity contribution in [2.24, 2.45) is 0 Å². The molecule has 0 saturated heterocycles. The molecule has 0 aliphatic rings. The Labute approximate surface area is 174 Å². The van der Waals surface area contributed by atoms with Crippen molar-refractivity contribution < 1.29 is 17.2 Å². The van der Waals surface area contributed by atoms with Crippen LogP contribution in [0.25, 0.3) is 11.5 Å². The summed E-state index contributed by atoms with van der Waals surface area (Å²) in [7, 11) is -3.92. The average Bonchev–Trinajstić information content (AvgIpc) is 3.20. The molecular formula is C23H19FN2O3S. The van der Waals surface area contributed by atoms with Crippen LogP contribution in [0.3, 0.4) is 0 Å². The van der Waals surface area contributed by atoms with E-state index in [0.717, 1.165) is 11.1 Å². The summed E-state index contributed by atoms with van der Waals surface area (Å²) in [6.45, 7) is 2.35. The van der Waals surface area contributed by atoms with Crippen LogP contribution in [0.1, 0.15) is 11.1 Å². The van der Waals surface area contributed by atoms with Crippen LogP contribution in [0.2, 0.25) is 0 Å². The number of anilines is 1. The molecule has 0 atom stereocenters. The molecular weight excluding hydrogens is 403 g/mol. The number of hydrogen-bond donors (Lipinski definition) is 1. The van der Waals surface area contributed by atoms with Crippen molar-refractivity contribution in [3.8, 4) is 11.5 Å². The van der Waals surface area contributed by atoms with Gasteiger partial charge in [0.25, 0.3) is 0 Å². The van der Waals surface area contributed by atoms with E-state index in [1.54, 1.807) is 18.2 Å². The van der Waals surface area contributed by atoms with E-state index in [-0.39, 0.29) is 21.7 Å². The van der Waals surface area contributed by atoms with E-state index < -0.39 is 15.7 Å². The van der Waals surface area contributed by atoms with Crippen molar-refractivity contribution >= 4 is 15.7 Å². The van der Waals surface area contributed by atoms with E-state index in [9.17, 15) is 12.8 Å². The first kappa shape index (κ1) is 19.8. The Bertz CT molecular complexity index is 1250. The molecule has 0 radical (unpaired) electrons. The highest BCUT2D eigenvalue weighted by Gasteiger charge is 2.28. The Balaban J connectivity index is 1.74. The summed E-state index contributed by atoms with van der Waals surface area (Å²) in [5.74, 6) is -0.269. The summed E-state index contributed by atoms with van der Waals surface area (Å²) in [6.07, 6.45) is 0. The number of oxazole rings is 1. The number of sulfone groups is 1. The molecule has 0 amide bonds. The predicted molar refractivity (Wildman–Crippen MR) is 112 cm³/mol. The van der Waals surface area contributed by atoms with Gasteiger partial charge in [-0.1, -0.05) is 48.0 Å². The largest absolute Gasteiger partial charge is 0.419 e. The maximum atomic E-state index is 13.3. The first-order valence-corrected chi connectivity index (χ1v) is 10.8. The Morgan fingerprint density at radius 2 is 1.60 bits per heavy atom. The molecule has 152 valence electrons. The van der Waals surface area contributed by atoms with Gasteiger partial charge in [0.15, 0.2) is 0 Å². The molecule has 1 N–H and O–H groups in total. The molecule has 5 nitrogen and oxygen atoms in total. The highest BCUT2D eigenvalue weighted by atomic mass is 32.2. The molecule has 0 saturated carbocycles. The van der Waals surface area contributed by atoms with Crippen molar-refractivity contribution in [1.82, 2.24) is 4.98 Å². The molecule has 4 aromatic rings. The summed E-state index contributed by atoms with van der Waals surface area (Å²) in [5.41, 5.74) is 2.57. The van der Waals surface area contributed by atoms with Gasteiger partial charge in [0.2, 0.25) is 26.6 Å². The number of aromatic nitrogens is 1. The molecule has 0 bridgehead atoms. The minimum absolute atomic E-state index is 0.0405. The van der Waals surface area contributed by atoms with Crippen molar-refractivity contribution in [2.75, 3.05) is 5.32 Å². The molecule has 4 rings (SSSR count). The maximum absolute atomic E-state index is 13.3. The molecule has 0 aliphatic carbocycles. The summed E-state index contributed by atoms with van der Waals surface area (Å²) in [5, 5.41) is 2.84. The third kappa shape index (κ3) is 4.11. The topological polar surface area (TPSA) is 72.2 Å². The van der Waals surface area contributed by atoms with Crippen LogP contribution >= 0.6 is 0 Å². The van der Waals surface area contributed by atoms with Gasteiger partial charge in [-0.2, -0.15) is 4.98 Å². The van der Waals surface area contributed by atoms with Gasteiger partial charge in [-0.3, -0.25) is 0 Å². The number of nitrogens with one attached hydrogen (secondary N) is 1. The monoisotopic (exact) mass is 422 g/mol. The van der Waals surface area contributed by atoms with Gasteiger partial charge < -0.3 is 9.73 Å². The fourth-order valence-corrected chi connectivity index (χ4v) is 4.22. The normalized spacial score (nSPS) is 11.4. The third-order valence-corrected chi connectivity index (χ3v) is 6.25. The predicted octanol–water partition coefficient (Wildman–Crippen LogP) is 5.23. The highest BCUT2D eigenvalue weighted by molar-refractivity contribution is 7.91. The summed E-state index contributed by atoms with van der Waals surface area (Å²) < 4.78 is 45.4. The third-order valence-electron chi connectivity index (χ3n) is 4.57. The molecule has 30 heavy (non-hydrogen) atoms. The Kier molecular flexibility index (Phi) is 5.37. The van der Waals surface area contributed by atoms with Gasteiger partial charge in [-0.15, -0.1) is 0 Å². The molecule has 3 aromatic carbocycles. The van der Waals surface area contributed by atoms with Crippen molar-refractivity contribution in [1.29, 1.82) is 0 Å². The van der Waals surface area contributed by atoms with Gasteiger partial charge in [-0.05, 0) is 48.9 Å². The second-order valence-corrected chi connectivity index (χ2v) is 8.68. The Hall–Kier alpha value is -3.45. The number of aryl methyl sites for hydroxylation is 1. The number of rotatable bonds is 6. The first-order valence-electron chi connectivity index (χ1n) is 9.30. The van der Waals surface area contributed by atoms with Crippen LogP contribution in [0.15, 0.2) is 93.2 Å². The standard InChI is InChI=1S/C23H19FN2O3S/c1-16-7-9-17(10-8-16)15-25-22-23(30(27,28)20-5-3-2-4-6-20)26-21(29-22)18-11-13-19(24)14-12-18/h2-14,25H,15H2,1H3. The lowest BCUT2D eigenvalue weighted by Crippen LogP contribution is -2.07. The van der Waals surface area contributed by atoms with E-state index >= 15 is 0 Å². The van der Waals surface area contributed by atoms with Crippen LogP contribution < -0.4 is 5.32 Å². The highest BCUT2D eigenvalue weighted by Crippen LogP contribution is 2.32. The average molecular weight is 422 g/mol. The van der Waals surface area contributed by atoms with Crippen LogP contribution in [0, 0.1) is 12.7 Å². The van der Waals surface area contributed by atoms with Crippen molar-refractivity contribution in [3.05, 3.63) is 95.8 Å². The fourth-order valence-electron chi connectivity index (χ4n) is 2.92. The summed E-state index contributed by atoms with van der Waals surface area (Å²) in [6, 6.07) is 21.4. The minimum Gasteiger partial charge on any atom is -0.419 e. The smallest absolute Gasteiger partial charge is 0.234 e. The number of benzene rings is 3. The quantitative estimate of drug-likeness (QED) is 0.460. The van der Waals surface area contributed by atoms with Gasteiger partial charge >= 0.3 is 0 Å². The molecule has 1 heterocycles. The number of nitrogens with zero attached hydrogens (tertiary/aromatic N) is 1.